The van der Waals surface area contributed by atoms with Gasteiger partial charge in [-0.2, -0.15) is 4.98 Å². The number of carbonyl (C=O) groups is 2. The summed E-state index contributed by atoms with van der Waals surface area (Å²) in [6.45, 7) is 3.96. The van der Waals surface area contributed by atoms with E-state index in [1.807, 2.05) is 43.3 Å². The van der Waals surface area contributed by atoms with E-state index in [0.29, 0.717) is 49.3 Å². The van der Waals surface area contributed by atoms with Crippen LogP contribution in [0.4, 0.5) is 10.5 Å². The second kappa shape index (κ2) is 9.82. The third-order valence-corrected chi connectivity index (χ3v) is 5.56. The first-order chi connectivity index (χ1) is 15.5. The summed E-state index contributed by atoms with van der Waals surface area (Å²) in [5, 5.41) is 7.52. The Balaban J connectivity index is 1.23. The number of anilines is 1. The summed E-state index contributed by atoms with van der Waals surface area (Å²) in [5.74, 6) is 0.895. The number of aryl methyl sites for hydroxylation is 2. The maximum absolute atomic E-state index is 12.6. The molecule has 0 aliphatic carbocycles. The second-order valence-corrected chi connectivity index (χ2v) is 8.12. The van der Waals surface area contributed by atoms with Gasteiger partial charge in [0.25, 0.3) is 0 Å². The van der Waals surface area contributed by atoms with E-state index in [1.165, 1.54) is 0 Å². The number of rotatable bonds is 5. The molecule has 1 aliphatic rings. The molecule has 0 radical (unpaired) electrons. The molecule has 166 valence electrons. The summed E-state index contributed by atoms with van der Waals surface area (Å²) in [6.07, 6.45) is 0.644. The quantitative estimate of drug-likeness (QED) is 0.630. The molecule has 0 atom stereocenters. The van der Waals surface area contributed by atoms with Crippen LogP contribution in [0.25, 0.3) is 11.4 Å². The molecule has 0 unspecified atom stereocenters. The number of nitrogens with one attached hydrogen (secondary N) is 1. The number of urea groups is 1. The third-order valence-electron chi connectivity index (χ3n) is 5.31. The Morgan fingerprint density at radius 1 is 1.06 bits per heavy atom. The van der Waals surface area contributed by atoms with Crippen molar-refractivity contribution in [3.63, 3.8) is 0 Å². The number of aromatic nitrogens is 2. The lowest BCUT2D eigenvalue weighted by Gasteiger charge is -2.34. The molecule has 1 fully saturated rings. The monoisotopic (exact) mass is 453 g/mol. The molecule has 0 spiro atoms. The molecular weight excluding hydrogens is 430 g/mol. The van der Waals surface area contributed by atoms with Crippen LogP contribution in [-0.4, -0.2) is 58.1 Å². The predicted octanol–water partition coefficient (Wildman–Crippen LogP) is 4.01. The van der Waals surface area contributed by atoms with Crippen molar-refractivity contribution in [1.29, 1.82) is 0 Å². The molecule has 8 nitrogen and oxygen atoms in total. The number of hydrogen-bond donors (Lipinski definition) is 1. The Hall–Kier alpha value is -3.39. The third kappa shape index (κ3) is 5.45. The van der Waals surface area contributed by atoms with Gasteiger partial charge in [0.05, 0.1) is 0 Å². The molecule has 4 rings (SSSR count). The molecule has 2 aromatic carbocycles. The van der Waals surface area contributed by atoms with E-state index in [0.717, 1.165) is 16.8 Å². The first-order valence-electron chi connectivity index (χ1n) is 10.5. The van der Waals surface area contributed by atoms with Crippen LogP contribution < -0.4 is 5.32 Å². The van der Waals surface area contributed by atoms with Crippen LogP contribution in [0, 0.1) is 6.92 Å². The van der Waals surface area contributed by atoms with E-state index < -0.39 is 0 Å². The summed E-state index contributed by atoms with van der Waals surface area (Å²) >= 11 is 5.90. The van der Waals surface area contributed by atoms with Crippen LogP contribution in [0.5, 0.6) is 0 Å². The van der Waals surface area contributed by atoms with Gasteiger partial charge >= 0.3 is 6.03 Å². The van der Waals surface area contributed by atoms with Crippen LogP contribution in [-0.2, 0) is 11.2 Å². The topological polar surface area (TPSA) is 91.6 Å². The fourth-order valence-corrected chi connectivity index (χ4v) is 3.65. The highest BCUT2D eigenvalue weighted by molar-refractivity contribution is 6.30. The molecule has 1 aliphatic heterocycles. The summed E-state index contributed by atoms with van der Waals surface area (Å²) in [5.41, 5.74) is 2.65. The van der Waals surface area contributed by atoms with E-state index in [4.69, 9.17) is 16.1 Å². The van der Waals surface area contributed by atoms with E-state index in [1.54, 1.807) is 21.9 Å². The Labute approximate surface area is 191 Å². The molecule has 1 saturated heterocycles. The van der Waals surface area contributed by atoms with Gasteiger partial charge in [-0.3, -0.25) is 4.79 Å². The lowest BCUT2D eigenvalue weighted by molar-refractivity contribution is -0.132. The van der Waals surface area contributed by atoms with E-state index in [-0.39, 0.29) is 18.4 Å². The van der Waals surface area contributed by atoms with Crippen LogP contribution in [0.1, 0.15) is 17.9 Å². The molecular formula is C23H24ClN5O3. The van der Waals surface area contributed by atoms with Crippen LogP contribution in [0.3, 0.4) is 0 Å². The van der Waals surface area contributed by atoms with Crippen molar-refractivity contribution >= 4 is 29.2 Å². The molecule has 3 amide bonds. The fourth-order valence-electron chi connectivity index (χ4n) is 3.53. The number of hydrogen-bond acceptors (Lipinski definition) is 5. The van der Waals surface area contributed by atoms with Gasteiger partial charge < -0.3 is 19.6 Å². The smallest absolute Gasteiger partial charge is 0.321 e. The number of carbonyl (C=O) groups excluding carboxylic acids is 2. The van der Waals surface area contributed by atoms with Crippen molar-refractivity contribution in [3.8, 4) is 11.4 Å². The lowest BCUT2D eigenvalue weighted by atomic mass is 10.2. The van der Waals surface area contributed by atoms with Crippen molar-refractivity contribution < 1.29 is 14.1 Å². The van der Waals surface area contributed by atoms with Crippen LogP contribution >= 0.6 is 11.6 Å². The van der Waals surface area contributed by atoms with Gasteiger partial charge in [0, 0.05) is 55.3 Å². The van der Waals surface area contributed by atoms with Crippen LogP contribution in [0.15, 0.2) is 53.1 Å². The largest absolute Gasteiger partial charge is 0.339 e. The summed E-state index contributed by atoms with van der Waals surface area (Å²) in [6, 6.07) is 14.7. The van der Waals surface area contributed by atoms with Crippen molar-refractivity contribution in [3.05, 3.63) is 65.0 Å². The minimum atomic E-state index is -0.150. The van der Waals surface area contributed by atoms with Gasteiger partial charge in [-0.05, 0) is 48.9 Å². The lowest BCUT2D eigenvalue weighted by Crippen LogP contribution is -2.51. The summed E-state index contributed by atoms with van der Waals surface area (Å²) in [7, 11) is 0. The number of benzene rings is 2. The van der Waals surface area contributed by atoms with Crippen molar-refractivity contribution in [2.75, 3.05) is 31.5 Å². The fraction of sp³-hybridized carbons (Fsp3) is 0.304. The van der Waals surface area contributed by atoms with Crippen molar-refractivity contribution in [1.82, 2.24) is 19.9 Å². The summed E-state index contributed by atoms with van der Waals surface area (Å²) in [4.78, 5) is 32.9. The predicted molar refractivity (Wildman–Crippen MR) is 121 cm³/mol. The number of halogens is 1. The highest BCUT2D eigenvalue weighted by Gasteiger charge is 2.24. The van der Waals surface area contributed by atoms with Gasteiger partial charge in [-0.1, -0.05) is 28.9 Å². The standard InChI is InChI=1S/C23H24ClN5O3/c1-16-3-2-4-19(15-16)25-23(31)29-13-11-28(12-14-29)21(30)10-9-20-26-22(27-32-20)17-5-7-18(24)8-6-17/h2-8,15H,9-14H2,1H3,(H,25,31). The van der Waals surface area contributed by atoms with Crippen molar-refractivity contribution in [2.45, 2.75) is 19.8 Å². The molecule has 9 heteroatoms. The highest BCUT2D eigenvalue weighted by atomic mass is 35.5. The van der Waals surface area contributed by atoms with Gasteiger partial charge in [-0.25, -0.2) is 4.79 Å². The van der Waals surface area contributed by atoms with Crippen molar-refractivity contribution in [2.24, 2.45) is 0 Å². The zero-order chi connectivity index (χ0) is 22.5. The Morgan fingerprint density at radius 2 is 1.78 bits per heavy atom. The SMILES string of the molecule is Cc1cccc(NC(=O)N2CCN(C(=O)CCc3nc(-c4ccc(Cl)cc4)no3)CC2)c1. The first-order valence-corrected chi connectivity index (χ1v) is 10.8. The molecule has 3 aromatic rings. The number of piperazine rings is 1. The zero-order valence-electron chi connectivity index (χ0n) is 17.8. The first kappa shape index (κ1) is 21.8. The molecule has 32 heavy (non-hydrogen) atoms. The Morgan fingerprint density at radius 3 is 2.50 bits per heavy atom. The molecule has 1 aromatic heterocycles. The average molecular weight is 454 g/mol. The van der Waals surface area contributed by atoms with Crippen LogP contribution in [0.2, 0.25) is 5.02 Å². The molecule has 1 N–H and O–H groups in total. The van der Waals surface area contributed by atoms with Gasteiger partial charge in [0.1, 0.15) is 0 Å². The normalized spacial score (nSPS) is 13.8. The minimum Gasteiger partial charge on any atom is -0.339 e. The minimum absolute atomic E-state index is 0.00925. The summed E-state index contributed by atoms with van der Waals surface area (Å²) < 4.78 is 5.27. The molecule has 0 bridgehead atoms. The highest BCUT2D eigenvalue weighted by Crippen LogP contribution is 2.19. The molecule has 0 saturated carbocycles. The molecule has 2 heterocycles. The van der Waals surface area contributed by atoms with E-state index in [2.05, 4.69) is 15.5 Å². The van der Waals surface area contributed by atoms with Gasteiger partial charge in [-0.15, -0.1) is 0 Å². The Bertz CT molecular complexity index is 1090. The Kier molecular flexibility index (Phi) is 6.70. The second-order valence-electron chi connectivity index (χ2n) is 7.69. The van der Waals surface area contributed by atoms with Gasteiger partial charge in [0.15, 0.2) is 0 Å². The van der Waals surface area contributed by atoms with E-state index in [9.17, 15) is 9.59 Å². The maximum Gasteiger partial charge on any atom is 0.321 e. The zero-order valence-corrected chi connectivity index (χ0v) is 18.5. The number of amides is 3. The number of nitrogens with zero attached hydrogens (tertiary/aromatic N) is 4. The van der Waals surface area contributed by atoms with E-state index >= 15 is 0 Å². The van der Waals surface area contributed by atoms with Gasteiger partial charge in [0.2, 0.25) is 17.6 Å². The average Bonchev–Trinajstić information content (AvgIpc) is 3.27. The maximum atomic E-state index is 12.6.